The quantitative estimate of drug-likeness (QED) is 0.523. The van der Waals surface area contributed by atoms with Gasteiger partial charge in [-0.25, -0.2) is 0 Å². The molecule has 1 aromatic carbocycles. The van der Waals surface area contributed by atoms with Gasteiger partial charge >= 0.3 is 0 Å². The molecule has 0 fully saturated rings. The maximum atomic E-state index is 7.59. The van der Waals surface area contributed by atoms with E-state index in [2.05, 4.69) is 34.5 Å². The lowest BCUT2D eigenvalue weighted by molar-refractivity contribution is 0.481. The summed E-state index contributed by atoms with van der Waals surface area (Å²) in [5.74, 6) is 2.03. The normalized spacial score (nSPS) is 12.0. The van der Waals surface area contributed by atoms with E-state index in [0.29, 0.717) is 16.7 Å². The van der Waals surface area contributed by atoms with E-state index in [0.717, 1.165) is 17.7 Å². The van der Waals surface area contributed by atoms with Gasteiger partial charge in [-0.3, -0.25) is 10.8 Å². The minimum absolute atomic E-state index is 0.0246. The molecule has 0 amide bonds. The molecule has 1 atom stereocenters. The number of rotatable bonds is 7. The molecule has 122 valence electrons. The van der Waals surface area contributed by atoms with Gasteiger partial charge in [-0.15, -0.1) is 22.0 Å². The summed E-state index contributed by atoms with van der Waals surface area (Å²) in [6, 6.07) is 8.26. The third-order valence-electron chi connectivity index (χ3n) is 3.17. The highest BCUT2D eigenvalue weighted by atomic mass is 32.2. The number of benzene rings is 1. The number of aryl methyl sites for hydroxylation is 1. The van der Waals surface area contributed by atoms with Gasteiger partial charge in [-0.2, -0.15) is 0 Å². The summed E-state index contributed by atoms with van der Waals surface area (Å²) in [4.78, 5) is 0. The number of nitrogens with one attached hydrogen (secondary N) is 2. The van der Waals surface area contributed by atoms with Gasteiger partial charge < -0.3 is 10.2 Å². The first-order chi connectivity index (χ1) is 11.1. The van der Waals surface area contributed by atoms with Gasteiger partial charge in [-0.05, 0) is 24.5 Å². The molecule has 0 saturated heterocycles. The van der Waals surface area contributed by atoms with Gasteiger partial charge in [0.05, 0.1) is 11.0 Å². The van der Waals surface area contributed by atoms with Crippen molar-refractivity contribution in [1.82, 2.24) is 10.2 Å². The van der Waals surface area contributed by atoms with E-state index in [4.69, 9.17) is 21.0 Å². The number of aromatic nitrogens is 2. The monoisotopic (exact) mass is 349 g/mol. The van der Waals surface area contributed by atoms with Crippen molar-refractivity contribution < 1.29 is 4.42 Å². The Bertz CT molecular complexity index is 642. The first-order valence-corrected chi connectivity index (χ1v) is 9.03. The van der Waals surface area contributed by atoms with Crippen molar-refractivity contribution in [1.29, 1.82) is 10.8 Å². The lowest BCUT2D eigenvalue weighted by Crippen LogP contribution is -2.07. The van der Waals surface area contributed by atoms with Gasteiger partial charge in [0.15, 0.2) is 5.17 Å². The Balaban J connectivity index is 2.06. The van der Waals surface area contributed by atoms with Gasteiger partial charge in [0.25, 0.3) is 0 Å². The van der Waals surface area contributed by atoms with E-state index in [9.17, 15) is 0 Å². The van der Waals surface area contributed by atoms with Gasteiger partial charge in [0.1, 0.15) is 0 Å². The van der Waals surface area contributed by atoms with E-state index >= 15 is 0 Å². The number of hydrogen-bond acceptors (Lipinski definition) is 7. The molecule has 8 heteroatoms. The van der Waals surface area contributed by atoms with Crippen LogP contribution in [0.5, 0.6) is 0 Å². The molecule has 0 saturated carbocycles. The van der Waals surface area contributed by atoms with Crippen molar-refractivity contribution in [3.63, 3.8) is 0 Å². The van der Waals surface area contributed by atoms with E-state index in [1.807, 2.05) is 0 Å². The number of amidine groups is 1. The van der Waals surface area contributed by atoms with Crippen molar-refractivity contribution in [3.05, 3.63) is 47.7 Å². The average Bonchev–Trinajstić information content (AvgIpc) is 3.02. The van der Waals surface area contributed by atoms with Crippen LogP contribution in [0.1, 0.15) is 29.9 Å². The minimum Gasteiger partial charge on any atom is -0.427 e. The molecular weight excluding hydrogens is 330 g/mol. The Hall–Kier alpha value is -1.80. The Kier molecular flexibility index (Phi) is 6.66. The van der Waals surface area contributed by atoms with Crippen molar-refractivity contribution in [2.45, 2.75) is 19.3 Å². The molecule has 0 aliphatic carbocycles. The SMILES string of the molecule is CC(=N)SC[C@@H](c1ccc(CCSC(=N)N)cc1)c1nnco1. The summed E-state index contributed by atoms with van der Waals surface area (Å²) in [6.07, 6.45) is 2.20. The second kappa shape index (κ2) is 8.73. The number of hydrogen-bond donors (Lipinski definition) is 3. The van der Waals surface area contributed by atoms with Crippen LogP contribution in [0.25, 0.3) is 0 Å². The van der Waals surface area contributed by atoms with E-state index in [-0.39, 0.29) is 11.1 Å². The highest BCUT2D eigenvalue weighted by Crippen LogP contribution is 2.27. The van der Waals surface area contributed by atoms with Gasteiger partial charge in [-0.1, -0.05) is 36.0 Å². The fourth-order valence-corrected chi connectivity index (χ4v) is 3.36. The molecule has 2 aromatic rings. The molecule has 2 rings (SSSR count). The zero-order valence-corrected chi connectivity index (χ0v) is 14.4. The third kappa shape index (κ3) is 5.72. The summed E-state index contributed by atoms with van der Waals surface area (Å²) in [5.41, 5.74) is 7.62. The van der Waals surface area contributed by atoms with Gasteiger partial charge in [0, 0.05) is 11.5 Å². The molecule has 0 radical (unpaired) electrons. The fraction of sp³-hybridized carbons (Fsp3) is 0.333. The van der Waals surface area contributed by atoms with E-state index in [1.54, 1.807) is 6.92 Å². The highest BCUT2D eigenvalue weighted by molar-refractivity contribution is 8.13. The zero-order valence-electron chi connectivity index (χ0n) is 12.8. The average molecular weight is 349 g/mol. The summed E-state index contributed by atoms with van der Waals surface area (Å²) in [5, 5.41) is 23.3. The highest BCUT2D eigenvalue weighted by Gasteiger charge is 2.19. The second-order valence-corrected chi connectivity index (χ2v) is 7.27. The Labute approximate surface area is 143 Å². The smallest absolute Gasteiger partial charge is 0.224 e. The fourth-order valence-electron chi connectivity index (χ4n) is 2.05. The van der Waals surface area contributed by atoms with Crippen LogP contribution < -0.4 is 5.73 Å². The third-order valence-corrected chi connectivity index (χ3v) is 4.82. The van der Waals surface area contributed by atoms with Crippen molar-refractivity contribution in [3.8, 4) is 0 Å². The molecule has 0 spiro atoms. The van der Waals surface area contributed by atoms with Crippen molar-refractivity contribution in [2.75, 3.05) is 11.5 Å². The zero-order chi connectivity index (χ0) is 16.7. The minimum atomic E-state index is -0.0246. The first-order valence-electron chi connectivity index (χ1n) is 7.06. The maximum Gasteiger partial charge on any atom is 0.224 e. The second-order valence-electron chi connectivity index (χ2n) is 4.90. The van der Waals surface area contributed by atoms with Crippen LogP contribution in [0.3, 0.4) is 0 Å². The van der Waals surface area contributed by atoms with Crippen LogP contribution in [0.4, 0.5) is 0 Å². The maximum absolute atomic E-state index is 7.59. The summed E-state index contributed by atoms with van der Waals surface area (Å²) in [6.45, 7) is 1.77. The predicted molar refractivity (Wildman–Crippen MR) is 96.5 cm³/mol. The molecule has 1 aromatic heterocycles. The number of thioether (sulfide) groups is 2. The van der Waals surface area contributed by atoms with E-state index < -0.39 is 0 Å². The molecule has 0 aliphatic rings. The molecular formula is C15H19N5OS2. The van der Waals surface area contributed by atoms with Crippen LogP contribution in [-0.2, 0) is 6.42 Å². The predicted octanol–water partition coefficient (Wildman–Crippen LogP) is 3.10. The van der Waals surface area contributed by atoms with Crippen LogP contribution in [0.15, 0.2) is 35.1 Å². The summed E-state index contributed by atoms with van der Waals surface area (Å²) >= 11 is 2.82. The van der Waals surface area contributed by atoms with Crippen LogP contribution >= 0.6 is 23.5 Å². The molecule has 0 aliphatic heterocycles. The molecule has 0 bridgehead atoms. The largest absolute Gasteiger partial charge is 0.427 e. The lowest BCUT2D eigenvalue weighted by atomic mass is 9.99. The van der Waals surface area contributed by atoms with Crippen molar-refractivity contribution in [2.24, 2.45) is 5.73 Å². The van der Waals surface area contributed by atoms with Crippen LogP contribution in [0, 0.1) is 10.8 Å². The Morgan fingerprint density at radius 3 is 2.57 bits per heavy atom. The summed E-state index contributed by atoms with van der Waals surface area (Å²) in [7, 11) is 0. The molecule has 6 nitrogen and oxygen atoms in total. The van der Waals surface area contributed by atoms with E-state index in [1.165, 1.54) is 35.5 Å². The Morgan fingerprint density at radius 2 is 2.00 bits per heavy atom. The molecule has 4 N–H and O–H groups in total. The molecule has 1 heterocycles. The van der Waals surface area contributed by atoms with Crippen molar-refractivity contribution >= 4 is 33.7 Å². The van der Waals surface area contributed by atoms with Gasteiger partial charge in [0.2, 0.25) is 12.3 Å². The lowest BCUT2D eigenvalue weighted by Gasteiger charge is -2.13. The number of nitrogens with zero attached hydrogens (tertiary/aromatic N) is 2. The first kappa shape index (κ1) is 17.6. The van der Waals surface area contributed by atoms with Crippen LogP contribution in [0.2, 0.25) is 0 Å². The number of nitrogens with two attached hydrogens (primary N) is 1. The Morgan fingerprint density at radius 1 is 1.26 bits per heavy atom. The standard InChI is InChI=1S/C15H19N5OS2/c1-10(16)23-8-13(14-20-19-9-21-14)12-4-2-11(3-5-12)6-7-22-15(17)18/h2-5,9,13,16H,6-8H2,1H3,(H3,17,18)/t13-/m0/s1. The van der Waals surface area contributed by atoms with Crippen LogP contribution in [-0.4, -0.2) is 31.9 Å². The molecule has 23 heavy (non-hydrogen) atoms. The molecule has 0 unspecified atom stereocenters. The topological polar surface area (TPSA) is 113 Å². The summed E-state index contributed by atoms with van der Waals surface area (Å²) < 4.78 is 5.36.